The molecule has 0 saturated carbocycles. The minimum absolute atomic E-state index is 0. The van der Waals surface area contributed by atoms with Crippen molar-refractivity contribution in [1.82, 2.24) is 9.80 Å². The number of benzene rings is 1. The first kappa shape index (κ1) is 18.4. The number of amides is 2. The molecule has 2 N–H and O–H groups in total. The lowest BCUT2D eigenvalue weighted by atomic mass is 10.2. The van der Waals surface area contributed by atoms with Crippen molar-refractivity contribution in [2.75, 3.05) is 26.2 Å². The molecule has 0 bridgehead atoms. The highest BCUT2D eigenvalue weighted by molar-refractivity contribution is 5.94. The molecule has 122 valence electrons. The van der Waals surface area contributed by atoms with E-state index in [1.807, 2.05) is 0 Å². The van der Waals surface area contributed by atoms with E-state index >= 15 is 0 Å². The molecule has 0 aliphatic carbocycles. The zero-order chi connectivity index (χ0) is 15.4. The maximum Gasteiger partial charge on any atom is 0.256 e. The lowest BCUT2D eigenvalue weighted by Gasteiger charge is -2.23. The van der Waals surface area contributed by atoms with Crippen LogP contribution in [0, 0.1) is 5.82 Å². The highest BCUT2D eigenvalue weighted by Gasteiger charge is 2.25. The van der Waals surface area contributed by atoms with Gasteiger partial charge in [-0.3, -0.25) is 9.59 Å². The van der Waals surface area contributed by atoms with Crippen molar-refractivity contribution in [3.8, 4) is 0 Å². The van der Waals surface area contributed by atoms with Gasteiger partial charge in [0, 0.05) is 26.2 Å². The second-order valence-electron chi connectivity index (χ2n) is 5.24. The molecule has 1 atom stereocenters. The molecule has 0 spiro atoms. The fourth-order valence-electron chi connectivity index (χ4n) is 2.43. The second-order valence-corrected chi connectivity index (χ2v) is 5.24. The van der Waals surface area contributed by atoms with E-state index in [0.29, 0.717) is 32.6 Å². The summed E-state index contributed by atoms with van der Waals surface area (Å²) in [5.41, 5.74) is 5.68. The molecule has 1 aromatic carbocycles. The molecule has 1 aliphatic rings. The zero-order valence-electron chi connectivity index (χ0n) is 12.5. The Labute approximate surface area is 135 Å². The van der Waals surface area contributed by atoms with E-state index in [0.717, 1.165) is 0 Å². The molecular weight excluding hydrogens is 309 g/mol. The Balaban J connectivity index is 0.00000242. The van der Waals surface area contributed by atoms with Crippen molar-refractivity contribution in [2.45, 2.75) is 19.4 Å². The Kier molecular flexibility index (Phi) is 6.77. The predicted molar refractivity (Wildman–Crippen MR) is 84.4 cm³/mol. The first-order valence-electron chi connectivity index (χ1n) is 7.09. The van der Waals surface area contributed by atoms with Crippen molar-refractivity contribution in [1.29, 1.82) is 0 Å². The third-order valence-corrected chi connectivity index (χ3v) is 3.59. The first-order valence-corrected chi connectivity index (χ1v) is 7.09. The summed E-state index contributed by atoms with van der Waals surface area (Å²) in [5.74, 6) is -0.964. The van der Waals surface area contributed by atoms with Crippen molar-refractivity contribution in [2.24, 2.45) is 5.73 Å². The molecule has 7 heteroatoms. The summed E-state index contributed by atoms with van der Waals surface area (Å²) in [5, 5.41) is 0. The topological polar surface area (TPSA) is 66.6 Å². The molecule has 5 nitrogen and oxygen atoms in total. The number of hydrogen-bond donors (Lipinski definition) is 1. The highest BCUT2D eigenvalue weighted by Crippen LogP contribution is 2.13. The molecule has 1 aliphatic heterocycles. The Morgan fingerprint density at radius 2 is 1.73 bits per heavy atom. The third-order valence-electron chi connectivity index (χ3n) is 3.59. The maximum absolute atomic E-state index is 13.7. The normalized spacial score (nSPS) is 16.5. The summed E-state index contributed by atoms with van der Waals surface area (Å²) < 4.78 is 13.7. The summed E-state index contributed by atoms with van der Waals surface area (Å²) in [6.45, 7) is 3.55. The minimum atomic E-state index is -0.543. The Bertz CT molecular complexity index is 539. The number of nitrogens with zero attached hydrogens (tertiary/aromatic N) is 2. The molecule has 0 unspecified atom stereocenters. The first-order chi connectivity index (χ1) is 10.0. The van der Waals surface area contributed by atoms with E-state index in [9.17, 15) is 14.0 Å². The van der Waals surface area contributed by atoms with E-state index in [4.69, 9.17) is 5.73 Å². The van der Waals surface area contributed by atoms with Crippen LogP contribution in [0.3, 0.4) is 0 Å². The van der Waals surface area contributed by atoms with E-state index in [1.54, 1.807) is 28.9 Å². The number of nitrogens with two attached hydrogens (primary N) is 1. The minimum Gasteiger partial charge on any atom is -0.340 e. The summed E-state index contributed by atoms with van der Waals surface area (Å²) in [7, 11) is 0. The Morgan fingerprint density at radius 3 is 2.36 bits per heavy atom. The summed E-state index contributed by atoms with van der Waals surface area (Å²) in [4.78, 5) is 27.5. The molecule has 0 radical (unpaired) electrons. The fraction of sp³-hybridized carbons (Fsp3) is 0.467. The summed E-state index contributed by atoms with van der Waals surface area (Å²) >= 11 is 0. The standard InChI is InChI=1S/C15H20FN3O2.ClH/c1-11(17)14(20)18-7-4-8-19(10-9-18)15(21)12-5-2-3-6-13(12)16;/h2-3,5-6,11H,4,7-10,17H2,1H3;1H/t11-;/m1./s1. The molecule has 1 heterocycles. The number of halogens is 2. The van der Waals surface area contributed by atoms with Crippen LogP contribution in [-0.2, 0) is 4.79 Å². The van der Waals surface area contributed by atoms with Gasteiger partial charge in [-0.1, -0.05) is 12.1 Å². The van der Waals surface area contributed by atoms with Crippen LogP contribution in [0.2, 0.25) is 0 Å². The van der Waals surface area contributed by atoms with Crippen LogP contribution in [0.5, 0.6) is 0 Å². The van der Waals surface area contributed by atoms with Gasteiger partial charge in [0.25, 0.3) is 5.91 Å². The van der Waals surface area contributed by atoms with Gasteiger partial charge >= 0.3 is 0 Å². The van der Waals surface area contributed by atoms with Crippen molar-refractivity contribution < 1.29 is 14.0 Å². The molecule has 1 aromatic rings. The van der Waals surface area contributed by atoms with Gasteiger partial charge in [-0.2, -0.15) is 0 Å². The van der Waals surface area contributed by atoms with Crippen molar-refractivity contribution in [3.63, 3.8) is 0 Å². The largest absolute Gasteiger partial charge is 0.340 e. The monoisotopic (exact) mass is 329 g/mol. The van der Waals surface area contributed by atoms with Gasteiger partial charge in [0.1, 0.15) is 5.82 Å². The van der Waals surface area contributed by atoms with E-state index < -0.39 is 11.9 Å². The van der Waals surface area contributed by atoms with E-state index in [-0.39, 0.29) is 29.8 Å². The van der Waals surface area contributed by atoms with Gasteiger partial charge in [-0.25, -0.2) is 4.39 Å². The number of rotatable bonds is 2. The van der Waals surface area contributed by atoms with Gasteiger partial charge in [-0.15, -0.1) is 12.4 Å². The van der Waals surface area contributed by atoms with Crippen LogP contribution in [0.15, 0.2) is 24.3 Å². The van der Waals surface area contributed by atoms with Gasteiger partial charge in [0.05, 0.1) is 11.6 Å². The van der Waals surface area contributed by atoms with Crippen LogP contribution < -0.4 is 5.73 Å². The molecule has 22 heavy (non-hydrogen) atoms. The van der Waals surface area contributed by atoms with Crippen LogP contribution >= 0.6 is 12.4 Å². The van der Waals surface area contributed by atoms with Gasteiger partial charge in [-0.05, 0) is 25.5 Å². The van der Waals surface area contributed by atoms with Crippen LogP contribution in [0.1, 0.15) is 23.7 Å². The Hall–Kier alpha value is -1.66. The average Bonchev–Trinajstić information content (AvgIpc) is 2.72. The van der Waals surface area contributed by atoms with Gasteiger partial charge in [0.15, 0.2) is 0 Å². The van der Waals surface area contributed by atoms with E-state index in [1.165, 1.54) is 12.1 Å². The second kappa shape index (κ2) is 8.10. The number of hydrogen-bond acceptors (Lipinski definition) is 3. The molecule has 2 rings (SSSR count). The van der Waals surface area contributed by atoms with E-state index in [2.05, 4.69) is 0 Å². The van der Waals surface area contributed by atoms with Gasteiger partial charge < -0.3 is 15.5 Å². The molecular formula is C15H21ClFN3O2. The zero-order valence-corrected chi connectivity index (χ0v) is 13.3. The molecule has 2 amide bonds. The molecule has 0 aromatic heterocycles. The lowest BCUT2D eigenvalue weighted by Crippen LogP contribution is -2.44. The molecule has 1 saturated heterocycles. The predicted octanol–water partition coefficient (Wildman–Crippen LogP) is 1.27. The Morgan fingerprint density at radius 1 is 1.14 bits per heavy atom. The quantitative estimate of drug-likeness (QED) is 0.888. The van der Waals surface area contributed by atoms with Crippen molar-refractivity contribution in [3.05, 3.63) is 35.6 Å². The smallest absolute Gasteiger partial charge is 0.256 e. The van der Waals surface area contributed by atoms with Crippen LogP contribution in [0.4, 0.5) is 4.39 Å². The van der Waals surface area contributed by atoms with Crippen molar-refractivity contribution >= 4 is 24.2 Å². The summed E-state index contributed by atoms with van der Waals surface area (Å²) in [6, 6.07) is 5.40. The maximum atomic E-state index is 13.7. The highest BCUT2D eigenvalue weighted by atomic mass is 35.5. The average molecular weight is 330 g/mol. The molecule has 1 fully saturated rings. The number of carbonyl (C=O) groups is 2. The summed E-state index contributed by atoms with van der Waals surface area (Å²) in [6.07, 6.45) is 0.665. The van der Waals surface area contributed by atoms with Crippen LogP contribution in [-0.4, -0.2) is 53.8 Å². The lowest BCUT2D eigenvalue weighted by molar-refractivity contribution is -0.132. The van der Waals surface area contributed by atoms with Gasteiger partial charge in [0.2, 0.25) is 5.91 Å². The van der Waals surface area contributed by atoms with Crippen LogP contribution in [0.25, 0.3) is 0 Å². The third kappa shape index (κ3) is 4.18. The fourth-order valence-corrected chi connectivity index (χ4v) is 2.43. The SMILES string of the molecule is C[C@@H](N)C(=O)N1CCCN(C(=O)c2ccccc2F)CC1.Cl. The number of carbonyl (C=O) groups excluding carboxylic acids is 2.